The summed E-state index contributed by atoms with van der Waals surface area (Å²) in [5.74, 6) is 3.49. The van der Waals surface area contributed by atoms with Crippen molar-refractivity contribution in [3.8, 4) is 11.8 Å². The molecule has 11 nitrogen and oxygen atoms in total. The van der Waals surface area contributed by atoms with Gasteiger partial charge in [-0.1, -0.05) is 12.8 Å². The number of halogens is 3. The highest BCUT2D eigenvalue weighted by molar-refractivity contribution is 7.91. The van der Waals surface area contributed by atoms with Crippen LogP contribution in [-0.2, 0) is 28.2 Å². The normalized spacial score (nSPS) is 14.3. The number of carboxylic acid groups (broad SMARTS) is 1. The zero-order valence-electron chi connectivity index (χ0n) is 18.1. The number of hydrogen-bond acceptors (Lipinski definition) is 8. The van der Waals surface area contributed by atoms with E-state index in [1.165, 1.54) is 14.0 Å². The average Bonchev–Trinajstić information content (AvgIpc) is 3.13. The van der Waals surface area contributed by atoms with Crippen LogP contribution in [0.15, 0.2) is 9.95 Å². The minimum atomic E-state index is -5.08. The molecule has 3 rings (SSSR count). The van der Waals surface area contributed by atoms with Gasteiger partial charge in [0, 0.05) is 33.2 Å². The molecular weight excluding hydrogens is 469 g/mol. The van der Waals surface area contributed by atoms with Crippen molar-refractivity contribution in [2.75, 3.05) is 36.8 Å². The number of rotatable bonds is 4. The Morgan fingerprint density at radius 1 is 1.24 bits per heavy atom. The molecule has 33 heavy (non-hydrogen) atoms. The van der Waals surface area contributed by atoms with Crippen molar-refractivity contribution in [2.24, 2.45) is 7.05 Å². The number of alkyl halides is 3. The molecule has 2 aromatic heterocycles. The zero-order chi connectivity index (χ0) is 25.0. The van der Waals surface area contributed by atoms with Crippen molar-refractivity contribution >= 4 is 32.9 Å². The van der Waals surface area contributed by atoms with Gasteiger partial charge in [0.1, 0.15) is 0 Å². The lowest BCUT2D eigenvalue weighted by atomic mass is 10.4. The van der Waals surface area contributed by atoms with Crippen molar-refractivity contribution < 1.29 is 31.5 Å². The number of nitrogens with zero attached hydrogens (tertiary/aromatic N) is 5. The summed E-state index contributed by atoms with van der Waals surface area (Å²) in [6.07, 6.45) is -5.08. The van der Waals surface area contributed by atoms with Crippen LogP contribution in [0.5, 0.6) is 0 Å². The molecule has 0 radical (unpaired) electrons. The van der Waals surface area contributed by atoms with E-state index in [-0.39, 0.29) is 22.1 Å². The largest absolute Gasteiger partial charge is 0.490 e. The van der Waals surface area contributed by atoms with Gasteiger partial charge in [-0.25, -0.2) is 13.2 Å². The fourth-order valence-electron chi connectivity index (χ4n) is 2.95. The summed E-state index contributed by atoms with van der Waals surface area (Å²) in [6.45, 7) is 6.64. The van der Waals surface area contributed by atoms with Gasteiger partial charge in [-0.15, -0.1) is 5.92 Å². The monoisotopic (exact) mass is 492 g/mol. The Morgan fingerprint density at radius 3 is 2.30 bits per heavy atom. The number of carbonyl (C=O) groups is 1. The second-order valence-corrected chi connectivity index (χ2v) is 8.97. The maximum absolute atomic E-state index is 12.9. The first kappa shape index (κ1) is 26.1. The average molecular weight is 492 g/mol. The molecule has 1 aliphatic rings. The van der Waals surface area contributed by atoms with Gasteiger partial charge in [0.15, 0.2) is 11.2 Å². The van der Waals surface area contributed by atoms with E-state index in [1.807, 2.05) is 0 Å². The van der Waals surface area contributed by atoms with Gasteiger partial charge in [-0.3, -0.25) is 13.9 Å². The molecule has 15 heteroatoms. The van der Waals surface area contributed by atoms with E-state index in [1.54, 1.807) is 11.5 Å². The van der Waals surface area contributed by atoms with Crippen LogP contribution in [0.3, 0.4) is 0 Å². The Balaban J connectivity index is 0.000000479. The molecule has 1 saturated heterocycles. The lowest BCUT2D eigenvalue weighted by molar-refractivity contribution is -0.192. The number of fused-ring (bicyclic) bond motifs is 1. The SMILES string of the molecule is CC#CCn1c(N2CCNCC2)nc2nc(S(=O)(=O)CC)n(C)c(=O)c21.O=C(O)C(F)(F)F. The summed E-state index contributed by atoms with van der Waals surface area (Å²) < 4.78 is 59.1. The zero-order valence-corrected chi connectivity index (χ0v) is 18.9. The Kier molecular flexibility index (Phi) is 8.09. The highest BCUT2D eigenvalue weighted by Crippen LogP contribution is 2.21. The third-order valence-corrected chi connectivity index (χ3v) is 6.32. The molecule has 0 atom stereocenters. The molecule has 2 N–H and O–H groups in total. The predicted octanol–water partition coefficient (Wildman–Crippen LogP) is -0.0102. The Morgan fingerprint density at radius 2 is 1.82 bits per heavy atom. The van der Waals surface area contributed by atoms with Crippen LogP contribution in [0.1, 0.15) is 13.8 Å². The Bertz CT molecular complexity index is 1250. The minimum absolute atomic E-state index is 0.133. The summed E-state index contributed by atoms with van der Waals surface area (Å²) in [5, 5.41) is 10.1. The summed E-state index contributed by atoms with van der Waals surface area (Å²) in [5.41, 5.74) is -0.0146. The summed E-state index contributed by atoms with van der Waals surface area (Å²) in [4.78, 5) is 32.6. The number of carboxylic acids is 1. The van der Waals surface area contributed by atoms with E-state index < -0.39 is 27.5 Å². The van der Waals surface area contributed by atoms with Crippen LogP contribution in [-0.4, -0.2) is 76.7 Å². The van der Waals surface area contributed by atoms with Crippen LogP contribution in [0.2, 0.25) is 0 Å². The fraction of sp³-hybridized carbons (Fsp3) is 0.556. The molecule has 1 aliphatic heterocycles. The number of imidazole rings is 1. The van der Waals surface area contributed by atoms with Gasteiger partial charge >= 0.3 is 12.1 Å². The number of aliphatic carboxylic acids is 1. The van der Waals surface area contributed by atoms with E-state index in [2.05, 4.69) is 32.0 Å². The van der Waals surface area contributed by atoms with Crippen LogP contribution in [0.4, 0.5) is 19.1 Å². The van der Waals surface area contributed by atoms with Gasteiger partial charge in [-0.2, -0.15) is 23.1 Å². The third-order valence-electron chi connectivity index (χ3n) is 4.64. The number of nitrogens with one attached hydrogen (secondary N) is 1. The Labute approximate surface area is 187 Å². The van der Waals surface area contributed by atoms with Crippen LogP contribution >= 0.6 is 0 Å². The quantitative estimate of drug-likeness (QED) is 0.446. The van der Waals surface area contributed by atoms with Gasteiger partial charge in [0.05, 0.1) is 12.3 Å². The molecular formula is C18H23F3N6O5S. The second kappa shape index (κ2) is 10.2. The number of hydrogen-bond donors (Lipinski definition) is 2. The third kappa shape index (κ3) is 5.82. The highest BCUT2D eigenvalue weighted by atomic mass is 32.2. The number of sulfone groups is 1. The summed E-state index contributed by atoms with van der Waals surface area (Å²) in [7, 11) is -2.22. The lowest BCUT2D eigenvalue weighted by Crippen LogP contribution is -2.44. The number of piperazine rings is 1. The molecule has 3 heterocycles. The first-order valence-corrected chi connectivity index (χ1v) is 11.4. The smallest absolute Gasteiger partial charge is 0.475 e. The molecule has 1 fully saturated rings. The van der Waals surface area contributed by atoms with Crippen molar-refractivity contribution in [1.29, 1.82) is 0 Å². The van der Waals surface area contributed by atoms with E-state index in [0.717, 1.165) is 30.7 Å². The van der Waals surface area contributed by atoms with Crippen molar-refractivity contribution in [1.82, 2.24) is 24.4 Å². The molecule has 0 spiro atoms. The van der Waals surface area contributed by atoms with Crippen LogP contribution < -0.4 is 15.8 Å². The maximum Gasteiger partial charge on any atom is 0.490 e. The number of aromatic nitrogens is 4. The molecule has 0 aliphatic carbocycles. The topological polar surface area (TPSA) is 139 Å². The maximum atomic E-state index is 12.9. The molecule has 182 valence electrons. The number of anilines is 1. The standard InChI is InChI=1S/C16H22N6O3S.C2HF3O2/c1-4-6-9-22-12-13(18-15(22)21-10-7-17-8-11-21)19-16(20(3)14(12)23)26(24,25)5-2;3-2(4,5)1(6)7/h17H,5,7-11H2,1-3H3;(H,6,7). The molecule has 0 saturated carbocycles. The first-order valence-electron chi connectivity index (χ1n) is 9.70. The van der Waals surface area contributed by atoms with Crippen molar-refractivity contribution in [3.63, 3.8) is 0 Å². The highest BCUT2D eigenvalue weighted by Gasteiger charge is 2.38. The summed E-state index contributed by atoms with van der Waals surface area (Å²) >= 11 is 0. The van der Waals surface area contributed by atoms with Crippen molar-refractivity contribution in [2.45, 2.75) is 31.7 Å². The predicted molar refractivity (Wildman–Crippen MR) is 113 cm³/mol. The second-order valence-electron chi connectivity index (χ2n) is 6.80. The summed E-state index contributed by atoms with van der Waals surface area (Å²) in [6, 6.07) is 0. The van der Waals surface area contributed by atoms with Crippen LogP contribution in [0, 0.1) is 11.8 Å². The van der Waals surface area contributed by atoms with Crippen molar-refractivity contribution in [3.05, 3.63) is 10.4 Å². The molecule has 2 aromatic rings. The van der Waals surface area contributed by atoms with E-state index >= 15 is 0 Å². The fourth-order valence-corrected chi connectivity index (χ4v) is 3.93. The molecule has 0 aromatic carbocycles. The van der Waals surface area contributed by atoms with E-state index in [9.17, 15) is 26.4 Å². The van der Waals surface area contributed by atoms with Crippen LogP contribution in [0.25, 0.3) is 11.2 Å². The van der Waals surface area contributed by atoms with Gasteiger partial charge in [-0.05, 0) is 6.92 Å². The minimum Gasteiger partial charge on any atom is -0.475 e. The molecule has 0 unspecified atom stereocenters. The van der Waals surface area contributed by atoms with Gasteiger partial charge in [0.25, 0.3) is 5.56 Å². The van der Waals surface area contributed by atoms with Gasteiger partial charge < -0.3 is 15.3 Å². The lowest BCUT2D eigenvalue weighted by Gasteiger charge is -2.28. The van der Waals surface area contributed by atoms with E-state index in [0.29, 0.717) is 12.5 Å². The van der Waals surface area contributed by atoms with E-state index in [4.69, 9.17) is 9.90 Å². The first-order chi connectivity index (χ1) is 15.3. The molecule has 0 bridgehead atoms. The van der Waals surface area contributed by atoms with Gasteiger partial charge in [0.2, 0.25) is 20.9 Å². The molecule has 0 amide bonds. The Hall–Kier alpha value is -3.12.